The molecule has 4 aromatic carbocycles. The predicted octanol–water partition coefficient (Wildman–Crippen LogP) is 4.92. The van der Waals surface area contributed by atoms with E-state index in [0.717, 1.165) is 16.3 Å². The van der Waals surface area contributed by atoms with E-state index < -0.39 is 40.8 Å². The molecule has 3 atom stereocenters. The quantitative estimate of drug-likeness (QED) is 0.0505. The molecule has 0 saturated carbocycles. The maximum absolute atomic E-state index is 13.9. The van der Waals surface area contributed by atoms with Crippen LogP contribution in [-0.4, -0.2) is 61.4 Å². The van der Waals surface area contributed by atoms with Gasteiger partial charge >= 0.3 is 0 Å². The molecule has 4 amide bonds. The van der Waals surface area contributed by atoms with Gasteiger partial charge in [-0.3, -0.25) is 34.7 Å². The maximum atomic E-state index is 13.9. The van der Waals surface area contributed by atoms with Crippen LogP contribution in [0.15, 0.2) is 84.9 Å². The second-order valence-corrected chi connectivity index (χ2v) is 13.3. The lowest BCUT2D eigenvalue weighted by Crippen LogP contribution is -2.56. The third kappa shape index (κ3) is 11.5. The summed E-state index contributed by atoms with van der Waals surface area (Å²) in [5, 5.41) is 22.2. The lowest BCUT2D eigenvalue weighted by atomic mass is 10.0. The molecule has 0 aliphatic heterocycles. The third-order valence-electron chi connectivity index (χ3n) is 8.73. The highest BCUT2D eigenvalue weighted by molar-refractivity contribution is 6.01. The van der Waals surface area contributed by atoms with E-state index in [1.54, 1.807) is 19.1 Å². The van der Waals surface area contributed by atoms with Crippen LogP contribution >= 0.6 is 0 Å². The average Bonchev–Trinajstić information content (AvgIpc) is 3.17. The summed E-state index contributed by atoms with van der Waals surface area (Å²) >= 11 is 0. The zero-order chi connectivity index (χ0) is 39.2. The van der Waals surface area contributed by atoms with Crippen molar-refractivity contribution in [1.29, 1.82) is 0 Å². The van der Waals surface area contributed by atoms with Gasteiger partial charge in [-0.15, -0.1) is 0 Å². The van der Waals surface area contributed by atoms with Gasteiger partial charge in [-0.2, -0.15) is 0 Å². The van der Waals surface area contributed by atoms with Crippen molar-refractivity contribution >= 4 is 40.1 Å². The van der Waals surface area contributed by atoms with Gasteiger partial charge in [-0.1, -0.05) is 74.5 Å². The molecule has 14 nitrogen and oxygen atoms in total. The highest BCUT2D eigenvalue weighted by atomic mass is 16.6. The fourth-order valence-electron chi connectivity index (χ4n) is 5.83. The minimum atomic E-state index is -1.01. The van der Waals surface area contributed by atoms with Crippen molar-refractivity contribution in [2.45, 2.75) is 64.6 Å². The number of nitro groups is 1. The number of amides is 4. The molecule has 0 fully saturated rings. The van der Waals surface area contributed by atoms with Crippen LogP contribution in [0.5, 0.6) is 11.5 Å². The highest BCUT2D eigenvalue weighted by Gasteiger charge is 2.29. The van der Waals surface area contributed by atoms with Crippen LogP contribution in [-0.2, 0) is 20.8 Å². The van der Waals surface area contributed by atoms with Crippen LogP contribution in [0.25, 0.3) is 10.8 Å². The number of methoxy groups -OCH3 is 1. The molecule has 0 heterocycles. The van der Waals surface area contributed by atoms with Gasteiger partial charge in [0, 0.05) is 25.5 Å². The lowest BCUT2D eigenvalue weighted by Gasteiger charge is -2.25. The number of carbonyl (C=O) groups is 4. The summed E-state index contributed by atoms with van der Waals surface area (Å²) in [6.45, 7) is 5.57. The fourth-order valence-corrected chi connectivity index (χ4v) is 5.83. The topological polar surface area (TPSA) is 190 Å². The summed E-state index contributed by atoms with van der Waals surface area (Å²) in [4.78, 5) is 64.1. The van der Waals surface area contributed by atoms with Crippen LogP contribution in [0.4, 0.5) is 5.69 Å². The van der Waals surface area contributed by atoms with E-state index in [1.807, 2.05) is 74.5 Å². The van der Waals surface area contributed by atoms with E-state index in [1.165, 1.54) is 26.3 Å². The summed E-state index contributed by atoms with van der Waals surface area (Å²) in [5.74, 6) is -1.35. The van der Waals surface area contributed by atoms with Crippen LogP contribution in [0.1, 0.15) is 67.6 Å². The zero-order valence-corrected chi connectivity index (χ0v) is 31.1. The molecule has 14 heteroatoms. The smallest absolute Gasteiger partial charge is 0.278 e. The number of nitro benzene ring substituents is 1. The summed E-state index contributed by atoms with van der Waals surface area (Å²) in [5.41, 5.74) is 6.59. The van der Waals surface area contributed by atoms with E-state index in [9.17, 15) is 29.3 Å². The Morgan fingerprint density at radius 3 is 2.19 bits per heavy atom. The Bertz CT molecular complexity index is 1940. The monoisotopic (exact) mass is 740 g/mol. The second kappa shape index (κ2) is 19.7. The van der Waals surface area contributed by atoms with Crippen molar-refractivity contribution in [1.82, 2.24) is 26.8 Å². The van der Waals surface area contributed by atoms with Gasteiger partial charge in [0.25, 0.3) is 17.5 Å². The van der Waals surface area contributed by atoms with Crippen LogP contribution < -0.4 is 36.3 Å². The summed E-state index contributed by atoms with van der Waals surface area (Å²) < 4.78 is 11.2. The normalized spacial score (nSPS) is 12.6. The molecule has 5 N–H and O–H groups in total. The first-order chi connectivity index (χ1) is 25.9. The van der Waals surface area contributed by atoms with Crippen LogP contribution in [0, 0.1) is 16.0 Å². The largest absolute Gasteiger partial charge is 0.493 e. The first-order valence-corrected chi connectivity index (χ1v) is 17.8. The van der Waals surface area contributed by atoms with Crippen molar-refractivity contribution in [2.75, 3.05) is 20.8 Å². The Hall–Kier alpha value is -6.02. The number of carbonyl (C=O) groups excluding carboxylic acids is 4. The molecule has 54 heavy (non-hydrogen) atoms. The molecule has 286 valence electrons. The van der Waals surface area contributed by atoms with E-state index >= 15 is 0 Å². The zero-order valence-electron chi connectivity index (χ0n) is 31.1. The van der Waals surface area contributed by atoms with E-state index in [4.69, 9.17) is 9.47 Å². The average molecular weight is 741 g/mol. The van der Waals surface area contributed by atoms with Gasteiger partial charge in [0.1, 0.15) is 12.1 Å². The van der Waals surface area contributed by atoms with Gasteiger partial charge in [0.2, 0.25) is 11.8 Å². The minimum Gasteiger partial charge on any atom is -0.493 e. The molecule has 4 aromatic rings. The van der Waals surface area contributed by atoms with Crippen molar-refractivity contribution in [2.24, 2.45) is 5.92 Å². The van der Waals surface area contributed by atoms with Crippen LogP contribution in [0.2, 0.25) is 0 Å². The molecular weight excluding hydrogens is 692 g/mol. The van der Waals surface area contributed by atoms with Gasteiger partial charge in [0.05, 0.1) is 36.3 Å². The number of nitrogens with one attached hydrogen (secondary N) is 5. The third-order valence-corrected chi connectivity index (χ3v) is 8.73. The fraction of sp³-hybridized carbons (Fsp3) is 0.350. The molecule has 0 aromatic heterocycles. The Balaban J connectivity index is 1.48. The number of benzene rings is 4. The molecule has 0 aliphatic rings. The summed E-state index contributed by atoms with van der Waals surface area (Å²) in [6, 6.07) is 22.1. The molecular formula is C40H48N6O8. The second-order valence-electron chi connectivity index (χ2n) is 13.3. The molecule has 4 rings (SSSR count). The van der Waals surface area contributed by atoms with E-state index in [0.29, 0.717) is 12.0 Å². The van der Waals surface area contributed by atoms with Gasteiger partial charge in [-0.05, 0) is 60.2 Å². The lowest BCUT2D eigenvalue weighted by molar-refractivity contribution is -0.385. The Labute approximate surface area is 314 Å². The molecule has 0 saturated heterocycles. The van der Waals surface area contributed by atoms with E-state index in [2.05, 4.69) is 26.8 Å². The van der Waals surface area contributed by atoms with Crippen molar-refractivity contribution in [3.63, 3.8) is 0 Å². The van der Waals surface area contributed by atoms with Gasteiger partial charge in [-0.25, -0.2) is 5.43 Å². The Morgan fingerprint density at radius 2 is 1.52 bits per heavy atom. The van der Waals surface area contributed by atoms with Crippen molar-refractivity contribution in [3.05, 3.63) is 112 Å². The number of nitrogens with zero attached hydrogens (tertiary/aromatic N) is 1. The number of hydrazine groups is 1. The van der Waals surface area contributed by atoms with E-state index in [-0.39, 0.29) is 60.4 Å². The number of fused-ring (bicyclic) bond motifs is 1. The predicted molar refractivity (Wildman–Crippen MR) is 205 cm³/mol. The summed E-state index contributed by atoms with van der Waals surface area (Å²) in [7, 11) is 2.93. The number of hydrogen-bond donors (Lipinski definition) is 5. The Morgan fingerprint density at radius 1 is 0.815 bits per heavy atom. The Kier molecular flexibility index (Phi) is 14.9. The summed E-state index contributed by atoms with van der Waals surface area (Å²) in [6.07, 6.45) is 1.06. The van der Waals surface area contributed by atoms with Crippen molar-refractivity contribution in [3.8, 4) is 11.5 Å². The first-order valence-electron chi connectivity index (χ1n) is 17.8. The number of ether oxygens (including phenoxy) is 2. The van der Waals surface area contributed by atoms with Gasteiger partial charge < -0.3 is 25.4 Å². The molecule has 2 unspecified atom stereocenters. The standard InChI is InChI=1S/C40H48N6O8/c1-25(2)20-32(40(50)45-44-26(3)31-23-35(53-5)36(24-34(31)46(51)52)54-19-11-16-37(47)41-4)43-39(49)33(21-27-12-7-6-8-13-27)42-38(48)30-18-17-28-14-9-10-15-29(28)22-30/h6-10,12-15,17-18,22-26,32-33,44H,11,16,19-21H2,1-5H3,(H,41,47)(H,42,48)(H,43,49)(H,45,50)/t26?,32?,33-/m0/s1. The first kappa shape index (κ1) is 40.7. The molecule has 0 radical (unpaired) electrons. The number of rotatable bonds is 19. The van der Waals surface area contributed by atoms with Gasteiger partial charge in [0.15, 0.2) is 11.5 Å². The molecule has 0 aliphatic carbocycles. The minimum absolute atomic E-state index is 0.00696. The van der Waals surface area contributed by atoms with Crippen LogP contribution in [0.3, 0.4) is 0 Å². The highest BCUT2D eigenvalue weighted by Crippen LogP contribution is 2.37. The maximum Gasteiger partial charge on any atom is 0.278 e. The SMILES string of the molecule is CNC(=O)CCCOc1cc([N+](=O)[O-])c(C(C)NNC(=O)C(CC(C)C)NC(=O)[C@H](Cc2ccccc2)NC(=O)c2ccc3ccccc3c2)cc1OC. The number of hydrogen-bond acceptors (Lipinski definition) is 9. The molecule has 0 bridgehead atoms. The van der Waals surface area contributed by atoms with Crippen molar-refractivity contribution < 1.29 is 33.6 Å². The molecule has 0 spiro atoms.